The molecule has 0 bridgehead atoms. The van der Waals surface area contributed by atoms with E-state index in [4.69, 9.17) is 4.98 Å². The lowest BCUT2D eigenvalue weighted by atomic mass is 9.84. The fraction of sp³-hybridized carbons (Fsp3) is 0. The summed E-state index contributed by atoms with van der Waals surface area (Å²) in [6.45, 7) is 0. The number of rotatable bonds is 5. The molecular weight excluding hydrogens is 784 g/mol. The molecule has 0 radical (unpaired) electrons. The Morgan fingerprint density at radius 3 is 1.59 bits per heavy atom. The van der Waals surface area contributed by atoms with Crippen LogP contribution in [0.25, 0.3) is 105 Å². The molecule has 1 aliphatic rings. The van der Waals surface area contributed by atoms with Crippen molar-refractivity contribution >= 4 is 77.2 Å². The molecule has 1 atom stereocenters. The van der Waals surface area contributed by atoms with E-state index in [0.717, 1.165) is 55.1 Å². The molecule has 11 aromatic carbocycles. The first-order valence-electron chi connectivity index (χ1n) is 21.5. The summed E-state index contributed by atoms with van der Waals surface area (Å²) in [5, 5.41) is 12.1. The van der Waals surface area contributed by atoms with Crippen molar-refractivity contribution < 1.29 is 4.57 Å². The summed E-state index contributed by atoms with van der Waals surface area (Å²) in [5.41, 5.74) is 10.5. The van der Waals surface area contributed by atoms with E-state index < -0.39 is 7.14 Å². The van der Waals surface area contributed by atoms with Crippen LogP contribution in [0.5, 0.6) is 0 Å². The molecule has 13 rings (SSSR count). The number of hydrogen-bond donors (Lipinski definition) is 0. The molecule has 294 valence electrons. The summed E-state index contributed by atoms with van der Waals surface area (Å²) in [5.74, 6) is 0.838. The van der Waals surface area contributed by atoms with Crippen LogP contribution in [0.15, 0.2) is 224 Å². The third-order valence-corrected chi connectivity index (χ3v) is 16.2. The minimum absolute atomic E-state index is 0.812. The Morgan fingerprint density at radius 2 is 0.905 bits per heavy atom. The molecule has 3 nitrogen and oxygen atoms in total. The van der Waals surface area contributed by atoms with Crippen molar-refractivity contribution in [3.8, 4) is 50.5 Å². The third kappa shape index (κ3) is 5.40. The van der Waals surface area contributed by atoms with Crippen LogP contribution in [-0.4, -0.2) is 9.55 Å². The Hall–Kier alpha value is -7.84. The van der Waals surface area contributed by atoms with E-state index in [1.165, 1.54) is 65.3 Å². The number of hydrogen-bond acceptors (Lipinski definition) is 2. The minimum atomic E-state index is -3.38. The van der Waals surface area contributed by atoms with Gasteiger partial charge in [-0.15, -0.1) is 0 Å². The summed E-state index contributed by atoms with van der Waals surface area (Å²) >= 11 is 0. The molecule has 0 aliphatic carbocycles. The monoisotopic (exact) mass is 820 g/mol. The van der Waals surface area contributed by atoms with Gasteiger partial charge in [-0.05, 0) is 119 Å². The lowest BCUT2D eigenvalue weighted by Crippen LogP contribution is -2.33. The zero-order valence-electron chi connectivity index (χ0n) is 34.1. The van der Waals surface area contributed by atoms with Gasteiger partial charge in [0.25, 0.3) is 0 Å². The van der Waals surface area contributed by atoms with Gasteiger partial charge in [0, 0.05) is 21.5 Å². The van der Waals surface area contributed by atoms with Gasteiger partial charge in [0.05, 0.1) is 16.7 Å². The van der Waals surface area contributed by atoms with E-state index in [2.05, 4.69) is 162 Å². The Balaban J connectivity index is 1.10. The smallest absolute Gasteiger partial charge is 0.175 e. The molecule has 63 heavy (non-hydrogen) atoms. The van der Waals surface area contributed by atoms with Gasteiger partial charge in [0.15, 0.2) is 7.14 Å². The number of aromatic nitrogens is 2. The van der Waals surface area contributed by atoms with Crippen LogP contribution in [0.2, 0.25) is 0 Å². The standard InChI is InChI=1S/C59H37N2OP/c62-63(47-20-5-2-6-21-47)54-25-13-24-52-58(54)61(59(60-52)40-16-3-1-4-17-40)53-33-31-44(37-55(53)63)43-30-32-50-51(36-43)57(46-29-27-39-15-8-10-19-42(39)35-46)49-23-12-11-22-48(49)56(50)45-28-26-38-14-7-9-18-41(38)34-45/h1-37H. The van der Waals surface area contributed by atoms with Crippen molar-refractivity contribution in [3.05, 3.63) is 224 Å². The van der Waals surface area contributed by atoms with Crippen LogP contribution in [0, 0.1) is 0 Å². The van der Waals surface area contributed by atoms with Gasteiger partial charge in [-0.25, -0.2) is 4.98 Å². The third-order valence-electron chi connectivity index (χ3n) is 13.1. The summed E-state index contributed by atoms with van der Waals surface area (Å²) in [6.07, 6.45) is 0. The van der Waals surface area contributed by atoms with Crippen molar-refractivity contribution in [1.82, 2.24) is 9.55 Å². The Bertz CT molecular complexity index is 3890. The Labute approximate surface area is 364 Å². The number of fused-ring (bicyclic) bond motifs is 6. The minimum Gasteiger partial charge on any atom is -0.308 e. The first-order valence-corrected chi connectivity index (χ1v) is 23.2. The molecule has 0 N–H and O–H groups in total. The number of para-hydroxylation sites is 1. The molecule has 2 heterocycles. The van der Waals surface area contributed by atoms with Crippen molar-refractivity contribution in [2.24, 2.45) is 0 Å². The quantitative estimate of drug-likeness (QED) is 0.128. The van der Waals surface area contributed by atoms with Crippen LogP contribution >= 0.6 is 7.14 Å². The summed E-state index contributed by atoms with van der Waals surface area (Å²) in [6, 6.07) is 79.7. The van der Waals surface area contributed by atoms with E-state index in [1.807, 2.05) is 66.7 Å². The molecule has 0 saturated heterocycles. The maximum absolute atomic E-state index is 16.4. The highest BCUT2D eigenvalue weighted by Gasteiger charge is 2.40. The lowest BCUT2D eigenvalue weighted by molar-refractivity contribution is 0.592. The molecule has 1 aromatic heterocycles. The van der Waals surface area contributed by atoms with Crippen molar-refractivity contribution in [2.45, 2.75) is 0 Å². The van der Waals surface area contributed by atoms with E-state index >= 15 is 4.57 Å². The van der Waals surface area contributed by atoms with Crippen molar-refractivity contribution in [3.63, 3.8) is 0 Å². The van der Waals surface area contributed by atoms with Gasteiger partial charge < -0.3 is 4.57 Å². The largest absolute Gasteiger partial charge is 0.308 e. The second kappa shape index (κ2) is 13.8. The predicted octanol–water partition coefficient (Wildman–Crippen LogP) is 14.3. The first kappa shape index (κ1) is 35.9. The average Bonchev–Trinajstić information content (AvgIpc) is 3.75. The van der Waals surface area contributed by atoms with Crippen LogP contribution < -0.4 is 15.9 Å². The fourth-order valence-corrected chi connectivity index (χ4v) is 13.3. The zero-order valence-corrected chi connectivity index (χ0v) is 35.0. The van der Waals surface area contributed by atoms with Gasteiger partial charge in [-0.2, -0.15) is 0 Å². The molecule has 1 aliphatic heterocycles. The van der Waals surface area contributed by atoms with E-state index in [1.54, 1.807) is 0 Å². The van der Waals surface area contributed by atoms with Gasteiger partial charge in [-0.1, -0.05) is 182 Å². The van der Waals surface area contributed by atoms with Crippen LogP contribution in [-0.2, 0) is 4.57 Å². The summed E-state index contributed by atoms with van der Waals surface area (Å²) < 4.78 is 18.6. The highest BCUT2D eigenvalue weighted by molar-refractivity contribution is 7.86. The predicted molar refractivity (Wildman–Crippen MR) is 266 cm³/mol. The van der Waals surface area contributed by atoms with Crippen molar-refractivity contribution in [1.29, 1.82) is 0 Å². The van der Waals surface area contributed by atoms with E-state index in [9.17, 15) is 0 Å². The number of imidazole rings is 1. The molecule has 12 aromatic rings. The Morgan fingerprint density at radius 1 is 0.365 bits per heavy atom. The van der Waals surface area contributed by atoms with Crippen molar-refractivity contribution in [2.75, 3.05) is 0 Å². The number of nitrogens with zero attached hydrogens (tertiary/aromatic N) is 2. The lowest BCUT2D eigenvalue weighted by Gasteiger charge is -2.29. The maximum atomic E-state index is 16.4. The fourth-order valence-electron chi connectivity index (χ4n) is 10.2. The molecule has 0 spiro atoms. The second-order valence-electron chi connectivity index (χ2n) is 16.6. The maximum Gasteiger partial charge on any atom is 0.175 e. The zero-order chi connectivity index (χ0) is 41.6. The molecule has 0 amide bonds. The van der Waals surface area contributed by atoms with E-state index in [-0.39, 0.29) is 0 Å². The Kier molecular flexibility index (Phi) is 7.88. The molecule has 4 heteroatoms. The highest BCUT2D eigenvalue weighted by Crippen LogP contribution is 2.51. The summed E-state index contributed by atoms with van der Waals surface area (Å²) in [4.78, 5) is 5.20. The van der Waals surface area contributed by atoms with E-state index in [0.29, 0.717) is 0 Å². The van der Waals surface area contributed by atoms with Crippen LogP contribution in [0.4, 0.5) is 0 Å². The molecule has 0 fully saturated rings. The van der Waals surface area contributed by atoms with Crippen LogP contribution in [0.1, 0.15) is 0 Å². The normalized spacial score (nSPS) is 14.5. The van der Waals surface area contributed by atoms with Gasteiger partial charge in [0.2, 0.25) is 0 Å². The van der Waals surface area contributed by atoms with Crippen LogP contribution in [0.3, 0.4) is 0 Å². The summed E-state index contributed by atoms with van der Waals surface area (Å²) in [7, 11) is -3.38. The highest BCUT2D eigenvalue weighted by atomic mass is 31.2. The molecular formula is C59H37N2OP. The average molecular weight is 821 g/mol. The van der Waals surface area contributed by atoms with Gasteiger partial charge in [0.1, 0.15) is 5.82 Å². The number of benzene rings is 11. The van der Waals surface area contributed by atoms with Gasteiger partial charge >= 0.3 is 0 Å². The second-order valence-corrected chi connectivity index (χ2v) is 19.3. The first-order chi connectivity index (χ1) is 31.1. The SMILES string of the molecule is O=P1(c2ccccc2)c2cc(-c3ccc4c(-c5ccc6ccccc6c5)c5ccccc5c(-c5ccc6ccccc6c5)c4c3)ccc2-n2c(-c3ccccc3)nc3cccc1c32. The molecule has 1 unspecified atom stereocenters. The topological polar surface area (TPSA) is 34.9 Å². The molecule has 0 saturated carbocycles. The van der Waals surface area contributed by atoms with Gasteiger partial charge in [-0.3, -0.25) is 4.57 Å².